The minimum Gasteiger partial charge on any atom is -0.489 e. The molecule has 0 spiro atoms. The molecule has 0 aliphatic carbocycles. The Hall–Kier alpha value is -1.87. The zero-order chi connectivity index (χ0) is 15.1. The van der Waals surface area contributed by atoms with Gasteiger partial charge in [0.1, 0.15) is 18.2 Å². The van der Waals surface area contributed by atoms with Gasteiger partial charge in [0.25, 0.3) is 0 Å². The molecule has 3 heteroatoms. The molecule has 2 rings (SSSR count). The largest absolute Gasteiger partial charge is 0.489 e. The molecule has 112 valence electrons. The minimum absolute atomic E-state index is 0.225. The lowest BCUT2D eigenvalue weighted by Gasteiger charge is -2.18. The molecule has 0 amide bonds. The number of ether oxygens (including phenoxy) is 1. The van der Waals surface area contributed by atoms with Crippen LogP contribution in [-0.2, 0) is 6.61 Å². The van der Waals surface area contributed by atoms with Gasteiger partial charge >= 0.3 is 0 Å². The molecule has 0 heterocycles. The summed E-state index contributed by atoms with van der Waals surface area (Å²) in [6.07, 6.45) is 1.10. The summed E-state index contributed by atoms with van der Waals surface area (Å²) in [4.78, 5) is 0. The van der Waals surface area contributed by atoms with Crippen molar-refractivity contribution in [3.8, 4) is 5.75 Å². The van der Waals surface area contributed by atoms with Crippen LogP contribution in [0.1, 0.15) is 37.4 Å². The second kappa shape index (κ2) is 7.79. The first kappa shape index (κ1) is 15.5. The van der Waals surface area contributed by atoms with Crippen molar-refractivity contribution in [2.45, 2.75) is 32.9 Å². The second-order valence-electron chi connectivity index (χ2n) is 5.13. The first-order valence-electron chi connectivity index (χ1n) is 7.40. The Morgan fingerprint density at radius 2 is 1.81 bits per heavy atom. The molecule has 21 heavy (non-hydrogen) atoms. The molecule has 1 unspecified atom stereocenters. The summed E-state index contributed by atoms with van der Waals surface area (Å²) in [5, 5.41) is 3.47. The zero-order valence-corrected chi connectivity index (χ0v) is 12.6. The molecule has 0 aromatic heterocycles. The molecule has 0 aliphatic rings. The molecular formula is C18H22FNO. The van der Waals surface area contributed by atoms with Crippen molar-refractivity contribution in [3.05, 3.63) is 65.5 Å². The average molecular weight is 287 g/mol. The van der Waals surface area contributed by atoms with Gasteiger partial charge in [-0.3, -0.25) is 0 Å². The third kappa shape index (κ3) is 4.57. The molecule has 2 aromatic carbocycles. The molecule has 0 bridgehead atoms. The van der Waals surface area contributed by atoms with Gasteiger partial charge in [-0.15, -0.1) is 0 Å². The summed E-state index contributed by atoms with van der Waals surface area (Å²) < 4.78 is 18.8. The Balaban J connectivity index is 2.04. The van der Waals surface area contributed by atoms with Crippen LogP contribution in [-0.4, -0.2) is 6.54 Å². The van der Waals surface area contributed by atoms with Crippen LogP contribution in [0.25, 0.3) is 0 Å². The lowest BCUT2D eigenvalue weighted by atomic mass is 10.1. The number of benzene rings is 2. The highest BCUT2D eigenvalue weighted by Gasteiger charge is 2.10. The fourth-order valence-corrected chi connectivity index (χ4v) is 2.18. The lowest BCUT2D eigenvalue weighted by molar-refractivity contribution is 0.299. The van der Waals surface area contributed by atoms with Gasteiger partial charge in [-0.25, -0.2) is 4.39 Å². The van der Waals surface area contributed by atoms with E-state index in [9.17, 15) is 4.39 Å². The normalized spacial score (nSPS) is 12.1. The Kier molecular flexibility index (Phi) is 5.76. The molecule has 1 N–H and O–H groups in total. The van der Waals surface area contributed by atoms with Crippen molar-refractivity contribution < 1.29 is 9.13 Å². The van der Waals surface area contributed by atoms with Crippen molar-refractivity contribution in [2.24, 2.45) is 0 Å². The number of rotatable bonds is 7. The number of hydrogen-bond donors (Lipinski definition) is 1. The molecule has 0 saturated heterocycles. The molecular weight excluding hydrogens is 265 g/mol. The lowest BCUT2D eigenvalue weighted by Crippen LogP contribution is -2.19. The summed E-state index contributed by atoms with van der Waals surface area (Å²) in [6, 6.07) is 14.7. The first-order valence-corrected chi connectivity index (χ1v) is 7.40. The smallest absolute Gasteiger partial charge is 0.124 e. The Morgan fingerprint density at radius 1 is 1.10 bits per heavy atom. The maximum Gasteiger partial charge on any atom is 0.124 e. The number of hydrogen-bond acceptors (Lipinski definition) is 2. The Bertz CT molecular complexity index is 553. The van der Waals surface area contributed by atoms with Gasteiger partial charge in [0, 0.05) is 11.6 Å². The van der Waals surface area contributed by atoms with E-state index in [4.69, 9.17) is 4.74 Å². The second-order valence-corrected chi connectivity index (χ2v) is 5.13. The average Bonchev–Trinajstić information content (AvgIpc) is 2.52. The fourth-order valence-electron chi connectivity index (χ4n) is 2.18. The van der Waals surface area contributed by atoms with E-state index in [0.717, 1.165) is 29.8 Å². The van der Waals surface area contributed by atoms with E-state index in [1.807, 2.05) is 18.2 Å². The van der Waals surface area contributed by atoms with Crippen LogP contribution in [0.5, 0.6) is 5.75 Å². The van der Waals surface area contributed by atoms with E-state index in [1.54, 1.807) is 12.1 Å². The van der Waals surface area contributed by atoms with Gasteiger partial charge in [0.2, 0.25) is 0 Å². The van der Waals surface area contributed by atoms with Gasteiger partial charge in [0.05, 0.1) is 0 Å². The summed E-state index contributed by atoms with van der Waals surface area (Å²) in [5.41, 5.74) is 2.11. The highest BCUT2D eigenvalue weighted by Crippen LogP contribution is 2.25. The van der Waals surface area contributed by atoms with Gasteiger partial charge < -0.3 is 10.1 Å². The molecule has 0 radical (unpaired) electrons. The van der Waals surface area contributed by atoms with Crippen LogP contribution in [0, 0.1) is 5.82 Å². The van der Waals surface area contributed by atoms with Gasteiger partial charge in [-0.2, -0.15) is 0 Å². The Morgan fingerprint density at radius 3 is 2.52 bits per heavy atom. The van der Waals surface area contributed by atoms with Crippen molar-refractivity contribution in [2.75, 3.05) is 6.54 Å². The monoisotopic (exact) mass is 287 g/mol. The highest BCUT2D eigenvalue weighted by atomic mass is 19.1. The molecule has 2 aromatic rings. The van der Waals surface area contributed by atoms with Gasteiger partial charge in [-0.05, 0) is 43.7 Å². The quantitative estimate of drug-likeness (QED) is 0.811. The third-order valence-corrected chi connectivity index (χ3v) is 3.39. The van der Waals surface area contributed by atoms with E-state index in [0.29, 0.717) is 6.61 Å². The van der Waals surface area contributed by atoms with Crippen molar-refractivity contribution in [1.82, 2.24) is 5.32 Å². The van der Waals surface area contributed by atoms with Crippen molar-refractivity contribution in [1.29, 1.82) is 0 Å². The van der Waals surface area contributed by atoms with E-state index in [2.05, 4.69) is 25.2 Å². The van der Waals surface area contributed by atoms with Crippen molar-refractivity contribution >= 4 is 0 Å². The standard InChI is InChI=1S/C18H22FNO/c1-3-12-20-14(2)17-6-4-5-7-18(17)21-13-15-8-10-16(19)11-9-15/h4-11,14,20H,3,12-13H2,1-2H3. The van der Waals surface area contributed by atoms with Gasteiger partial charge in [0.15, 0.2) is 0 Å². The van der Waals surface area contributed by atoms with E-state index < -0.39 is 0 Å². The summed E-state index contributed by atoms with van der Waals surface area (Å²) in [7, 11) is 0. The molecule has 0 saturated carbocycles. The molecule has 0 aliphatic heterocycles. The number of nitrogens with one attached hydrogen (secondary N) is 1. The van der Waals surface area contributed by atoms with Crippen LogP contribution in [0.2, 0.25) is 0 Å². The predicted octanol–water partition coefficient (Wildman–Crippen LogP) is 4.47. The molecule has 0 fully saturated rings. The van der Waals surface area contributed by atoms with Crippen LogP contribution in [0.15, 0.2) is 48.5 Å². The van der Waals surface area contributed by atoms with Crippen LogP contribution in [0.4, 0.5) is 4.39 Å². The summed E-state index contributed by atoms with van der Waals surface area (Å²) in [6.45, 7) is 5.71. The number of halogens is 1. The van der Waals surface area contributed by atoms with Gasteiger partial charge in [-0.1, -0.05) is 37.3 Å². The topological polar surface area (TPSA) is 21.3 Å². The SMILES string of the molecule is CCCNC(C)c1ccccc1OCc1ccc(F)cc1. The highest BCUT2D eigenvalue weighted by molar-refractivity contribution is 5.36. The van der Waals surface area contributed by atoms with E-state index in [1.165, 1.54) is 12.1 Å². The molecule has 2 nitrogen and oxygen atoms in total. The van der Waals surface area contributed by atoms with Crippen LogP contribution >= 0.6 is 0 Å². The number of para-hydroxylation sites is 1. The van der Waals surface area contributed by atoms with Crippen LogP contribution in [0.3, 0.4) is 0 Å². The van der Waals surface area contributed by atoms with Crippen LogP contribution < -0.4 is 10.1 Å². The van der Waals surface area contributed by atoms with E-state index in [-0.39, 0.29) is 11.9 Å². The Labute approximate surface area is 126 Å². The third-order valence-electron chi connectivity index (χ3n) is 3.39. The summed E-state index contributed by atoms with van der Waals surface area (Å²) >= 11 is 0. The maximum atomic E-state index is 12.9. The summed E-state index contributed by atoms with van der Waals surface area (Å²) in [5.74, 6) is 0.648. The predicted molar refractivity (Wildman–Crippen MR) is 83.9 cm³/mol. The minimum atomic E-state index is -0.225. The maximum absolute atomic E-state index is 12.9. The van der Waals surface area contributed by atoms with Crippen molar-refractivity contribution in [3.63, 3.8) is 0 Å². The molecule has 1 atom stereocenters. The van der Waals surface area contributed by atoms with E-state index >= 15 is 0 Å². The fraction of sp³-hybridized carbons (Fsp3) is 0.333. The first-order chi connectivity index (χ1) is 10.2. The zero-order valence-electron chi connectivity index (χ0n) is 12.6.